The van der Waals surface area contributed by atoms with Gasteiger partial charge in [-0.1, -0.05) is 77.9 Å². The van der Waals surface area contributed by atoms with Crippen LogP contribution in [-0.2, 0) is 19.1 Å². The van der Waals surface area contributed by atoms with Crippen LogP contribution in [0.15, 0.2) is 54.6 Å². The number of benzene rings is 2. The number of methoxy groups -OCH3 is 2. The number of hydrogen-bond donors (Lipinski definition) is 4. The Bertz CT molecular complexity index is 2240. The lowest BCUT2D eigenvalue weighted by molar-refractivity contribution is -0.136. The molecule has 2 aromatic carbocycles. The van der Waals surface area contributed by atoms with Crippen molar-refractivity contribution in [1.29, 1.82) is 0 Å². The van der Waals surface area contributed by atoms with E-state index in [-0.39, 0.29) is 35.7 Å². The molecule has 2 saturated heterocycles. The smallest absolute Gasteiger partial charge is 0.407 e. The van der Waals surface area contributed by atoms with Crippen molar-refractivity contribution in [2.75, 3.05) is 27.3 Å². The Morgan fingerprint density at radius 2 is 1.26 bits per heavy atom. The van der Waals surface area contributed by atoms with Gasteiger partial charge in [-0.2, -0.15) is 0 Å². The highest BCUT2D eigenvalue weighted by atomic mass is 32.1. The Labute approximate surface area is 336 Å². The Morgan fingerprint density at radius 1 is 0.719 bits per heavy atom. The van der Waals surface area contributed by atoms with Gasteiger partial charge in [0, 0.05) is 29.2 Å². The molecule has 0 bridgehead atoms. The van der Waals surface area contributed by atoms with Crippen LogP contribution in [0.3, 0.4) is 0 Å². The van der Waals surface area contributed by atoms with Gasteiger partial charge in [-0.05, 0) is 76.8 Å². The molecule has 0 saturated carbocycles. The van der Waals surface area contributed by atoms with Crippen LogP contribution in [0.1, 0.15) is 78.0 Å². The molecule has 5 aromatic rings. The summed E-state index contributed by atoms with van der Waals surface area (Å²) in [5, 5.41) is 6.53. The van der Waals surface area contributed by atoms with Crippen molar-refractivity contribution < 1.29 is 28.7 Å². The van der Waals surface area contributed by atoms with Gasteiger partial charge in [0.25, 0.3) is 0 Å². The first-order valence-electron chi connectivity index (χ1n) is 19.8. The summed E-state index contributed by atoms with van der Waals surface area (Å²) in [5.74, 6) is 0.937. The predicted molar refractivity (Wildman–Crippen MR) is 222 cm³/mol. The Kier molecular flexibility index (Phi) is 11.4. The first-order chi connectivity index (χ1) is 27.2. The summed E-state index contributed by atoms with van der Waals surface area (Å²) in [5.41, 5.74) is 6.16. The molecular weight excluding hydrogens is 743 g/mol. The molecule has 2 fully saturated rings. The van der Waals surface area contributed by atoms with Gasteiger partial charge in [0.1, 0.15) is 22.7 Å². The van der Waals surface area contributed by atoms with Gasteiger partial charge in [0.2, 0.25) is 11.8 Å². The average Bonchev–Trinajstić information content (AvgIpc) is 4.02. The van der Waals surface area contributed by atoms with Crippen molar-refractivity contribution in [3.63, 3.8) is 0 Å². The molecule has 13 nitrogen and oxygen atoms in total. The number of carbonyl (C=O) groups is 4. The molecule has 0 spiro atoms. The Hall–Kier alpha value is -5.37. The summed E-state index contributed by atoms with van der Waals surface area (Å²) < 4.78 is 9.59. The lowest BCUT2D eigenvalue weighted by atomic mass is 10.0. The molecule has 2 aliphatic rings. The van der Waals surface area contributed by atoms with E-state index < -0.39 is 24.3 Å². The lowest BCUT2D eigenvalue weighted by Crippen LogP contribution is -2.51. The first-order valence-corrected chi connectivity index (χ1v) is 20.6. The SMILES string of the molecule is COC(=O)N[C@H](C(=O)N1C[C@@H](C)C[C@H]1c1nc2sc(-c3ccc(-c4ccc5cc(C6C[C@@H](C)CN6C(=O)[C@H](NC(=O)OC)C(C)C)[nH]c5c4)cc3)cc2[nH]1)C(C)C. The molecule has 0 aliphatic carbocycles. The maximum atomic E-state index is 13.8. The zero-order valence-electron chi connectivity index (χ0n) is 33.8. The van der Waals surface area contributed by atoms with Crippen LogP contribution in [0.4, 0.5) is 9.59 Å². The third-order valence-electron chi connectivity index (χ3n) is 11.4. The first kappa shape index (κ1) is 39.8. The molecule has 0 radical (unpaired) electrons. The van der Waals surface area contributed by atoms with E-state index in [0.717, 1.165) is 67.2 Å². The van der Waals surface area contributed by atoms with Gasteiger partial charge in [-0.15, -0.1) is 11.3 Å². The maximum absolute atomic E-state index is 13.8. The third kappa shape index (κ3) is 8.09. The Morgan fingerprint density at radius 3 is 1.82 bits per heavy atom. The summed E-state index contributed by atoms with van der Waals surface area (Å²) in [7, 11) is 2.60. The largest absolute Gasteiger partial charge is 0.453 e. The van der Waals surface area contributed by atoms with Crippen LogP contribution in [0.25, 0.3) is 42.8 Å². The van der Waals surface area contributed by atoms with Gasteiger partial charge >= 0.3 is 12.2 Å². The molecular formula is C43H53N7O6S. The topological polar surface area (TPSA) is 162 Å². The van der Waals surface area contributed by atoms with Gasteiger partial charge < -0.3 is 39.9 Å². The maximum Gasteiger partial charge on any atom is 0.407 e. The number of thiophene rings is 1. The normalized spacial score (nSPS) is 20.7. The Balaban J connectivity index is 1.06. The number of rotatable bonds is 10. The number of imidazole rings is 1. The fourth-order valence-electron chi connectivity index (χ4n) is 8.35. The van der Waals surface area contributed by atoms with Gasteiger partial charge in [0.05, 0.1) is 31.8 Å². The predicted octanol–water partition coefficient (Wildman–Crippen LogP) is 8.02. The molecule has 2 aliphatic heterocycles. The van der Waals surface area contributed by atoms with Gasteiger partial charge in [-0.3, -0.25) is 9.59 Å². The number of ether oxygens (including phenoxy) is 2. The van der Waals surface area contributed by atoms with Crippen molar-refractivity contribution in [1.82, 2.24) is 35.4 Å². The average molecular weight is 796 g/mol. The summed E-state index contributed by atoms with van der Waals surface area (Å²) in [6, 6.07) is 17.5. The van der Waals surface area contributed by atoms with Gasteiger partial charge in [-0.25, -0.2) is 14.6 Å². The summed E-state index contributed by atoms with van der Waals surface area (Å²) in [6.07, 6.45) is 0.385. The molecule has 5 heterocycles. The molecule has 302 valence electrons. The minimum Gasteiger partial charge on any atom is -0.453 e. The third-order valence-corrected chi connectivity index (χ3v) is 12.5. The number of aromatic nitrogens is 3. The minimum absolute atomic E-state index is 0.0953. The van der Waals surface area contributed by atoms with E-state index in [1.54, 1.807) is 11.3 Å². The van der Waals surface area contributed by atoms with Crippen LogP contribution < -0.4 is 10.6 Å². The number of alkyl carbamates (subject to hydrolysis) is 2. The standard InChI is InChI=1S/C43H53N7O6S/c1-22(2)36(46-42(53)55-7)40(51)49-20-24(5)15-33(49)31-18-29-14-13-28(17-30(29)44-31)26-9-11-27(12-10-26)35-19-32-39(57-35)48-38(45-32)34-16-25(6)21-50(34)41(52)37(23(3)4)47-43(54)56-8/h9-14,17-19,22-25,33-34,36-37,44H,15-16,20-21H2,1-8H3,(H,45,48)(H,46,53)(H,47,54)/t24-,25+,33?,34+,36-,37+/m1/s1. The van der Waals surface area contributed by atoms with E-state index in [1.165, 1.54) is 14.2 Å². The van der Waals surface area contributed by atoms with Gasteiger partial charge in [0.15, 0.2) is 0 Å². The van der Waals surface area contributed by atoms with Crippen molar-refractivity contribution in [2.24, 2.45) is 23.7 Å². The van der Waals surface area contributed by atoms with Crippen LogP contribution in [-0.4, -0.2) is 88.1 Å². The highest BCUT2D eigenvalue weighted by Gasteiger charge is 2.41. The molecule has 14 heteroatoms. The van der Waals surface area contributed by atoms with Crippen LogP contribution in [0.2, 0.25) is 0 Å². The highest BCUT2D eigenvalue weighted by molar-refractivity contribution is 7.21. The molecule has 4 amide bonds. The molecule has 4 N–H and O–H groups in total. The summed E-state index contributed by atoms with van der Waals surface area (Å²) in [4.78, 5) is 69.4. The second-order valence-electron chi connectivity index (χ2n) is 16.5. The second-order valence-corrected chi connectivity index (χ2v) is 17.5. The molecule has 1 unspecified atom stereocenters. The summed E-state index contributed by atoms with van der Waals surface area (Å²) in [6.45, 7) is 13.2. The second kappa shape index (κ2) is 16.2. The van der Waals surface area contributed by atoms with E-state index in [1.807, 2.05) is 37.5 Å². The number of likely N-dealkylation sites (tertiary alicyclic amines) is 2. The van der Waals surface area contributed by atoms with Crippen molar-refractivity contribution in [3.8, 4) is 21.6 Å². The van der Waals surface area contributed by atoms with E-state index in [4.69, 9.17) is 14.5 Å². The quantitative estimate of drug-likeness (QED) is 0.111. The fourth-order valence-corrected chi connectivity index (χ4v) is 9.36. The molecule has 3 aromatic heterocycles. The van der Waals surface area contributed by atoms with E-state index in [9.17, 15) is 19.2 Å². The number of nitrogens with zero attached hydrogens (tertiary/aromatic N) is 3. The van der Waals surface area contributed by atoms with Crippen LogP contribution in [0, 0.1) is 23.7 Å². The zero-order chi connectivity index (χ0) is 40.7. The molecule has 7 rings (SSSR count). The minimum atomic E-state index is -0.691. The molecule has 57 heavy (non-hydrogen) atoms. The number of H-pyrrole nitrogens is 2. The zero-order valence-corrected chi connectivity index (χ0v) is 34.7. The number of nitrogens with one attached hydrogen (secondary N) is 4. The van der Waals surface area contributed by atoms with E-state index in [0.29, 0.717) is 24.9 Å². The monoisotopic (exact) mass is 795 g/mol. The number of amides is 4. The number of carbonyl (C=O) groups excluding carboxylic acids is 4. The number of hydrogen-bond acceptors (Lipinski definition) is 8. The van der Waals surface area contributed by atoms with Crippen LogP contribution in [0.5, 0.6) is 0 Å². The van der Waals surface area contributed by atoms with Crippen molar-refractivity contribution in [3.05, 3.63) is 66.1 Å². The number of fused-ring (bicyclic) bond motifs is 2. The number of aromatic amines is 2. The fraction of sp³-hybridized carbons (Fsp3) is 0.465. The highest BCUT2D eigenvalue weighted by Crippen LogP contribution is 2.40. The van der Waals surface area contributed by atoms with E-state index >= 15 is 0 Å². The van der Waals surface area contributed by atoms with Crippen molar-refractivity contribution >= 4 is 56.6 Å². The molecule has 6 atom stereocenters. The van der Waals surface area contributed by atoms with Crippen molar-refractivity contribution in [2.45, 2.75) is 78.6 Å². The van der Waals surface area contributed by atoms with E-state index in [2.05, 4.69) is 89.0 Å². The lowest BCUT2D eigenvalue weighted by Gasteiger charge is -2.30. The van der Waals surface area contributed by atoms with Crippen LogP contribution >= 0.6 is 11.3 Å². The summed E-state index contributed by atoms with van der Waals surface area (Å²) >= 11 is 1.61.